The average Bonchev–Trinajstić information content (AvgIpc) is 3.00. The summed E-state index contributed by atoms with van der Waals surface area (Å²) in [5.74, 6) is 0.961. The second-order valence-electron chi connectivity index (χ2n) is 5.21. The van der Waals surface area contributed by atoms with Crippen LogP contribution in [0, 0.1) is 12.7 Å². The van der Waals surface area contributed by atoms with Crippen molar-refractivity contribution in [2.45, 2.75) is 13.5 Å². The lowest BCUT2D eigenvalue weighted by atomic mass is 10.2. The number of anilines is 1. The molecule has 2 nitrogen and oxygen atoms in total. The highest BCUT2D eigenvalue weighted by Crippen LogP contribution is 2.27. The Bertz CT molecular complexity index is 845. The molecule has 0 amide bonds. The van der Waals surface area contributed by atoms with Crippen molar-refractivity contribution in [3.8, 4) is 11.3 Å². The molecular weight excluding hydrogens is 336 g/mol. The lowest BCUT2D eigenvalue weighted by Crippen LogP contribution is -1.98. The standard InChI is InChI=1S/C18H14Cl2FNO/c1-11-2-4-13(9-15(11)19)22-10-14-5-7-18(23-14)12-3-6-17(21)16(20)8-12/h2-9,22H,10H2,1H3. The molecule has 0 saturated carbocycles. The number of halogens is 3. The van der Waals surface area contributed by atoms with E-state index in [0.29, 0.717) is 12.3 Å². The van der Waals surface area contributed by atoms with Crippen molar-refractivity contribution in [2.24, 2.45) is 0 Å². The van der Waals surface area contributed by atoms with Gasteiger partial charge in [0.05, 0.1) is 11.6 Å². The van der Waals surface area contributed by atoms with Gasteiger partial charge in [-0.25, -0.2) is 4.39 Å². The second kappa shape index (κ2) is 6.65. The van der Waals surface area contributed by atoms with Crippen molar-refractivity contribution in [3.63, 3.8) is 0 Å². The first-order valence-electron chi connectivity index (χ1n) is 7.07. The number of rotatable bonds is 4. The predicted molar refractivity (Wildman–Crippen MR) is 92.6 cm³/mol. The molecule has 3 rings (SSSR count). The van der Waals surface area contributed by atoms with E-state index < -0.39 is 5.82 Å². The number of aryl methyl sites for hydroxylation is 1. The van der Waals surface area contributed by atoms with Gasteiger partial charge in [-0.15, -0.1) is 0 Å². The van der Waals surface area contributed by atoms with Gasteiger partial charge < -0.3 is 9.73 Å². The van der Waals surface area contributed by atoms with Crippen LogP contribution in [0.15, 0.2) is 52.9 Å². The number of hydrogen-bond donors (Lipinski definition) is 1. The van der Waals surface area contributed by atoms with Crippen LogP contribution in [-0.2, 0) is 6.54 Å². The molecule has 0 radical (unpaired) electrons. The van der Waals surface area contributed by atoms with Gasteiger partial charge in [-0.3, -0.25) is 0 Å². The molecule has 23 heavy (non-hydrogen) atoms. The van der Waals surface area contributed by atoms with E-state index in [1.54, 1.807) is 12.1 Å². The van der Waals surface area contributed by atoms with Gasteiger partial charge in [0.1, 0.15) is 17.3 Å². The molecule has 0 bridgehead atoms. The third-order valence-corrected chi connectivity index (χ3v) is 4.20. The molecule has 2 aromatic carbocycles. The number of nitrogens with one attached hydrogen (secondary N) is 1. The van der Waals surface area contributed by atoms with Crippen LogP contribution in [0.25, 0.3) is 11.3 Å². The zero-order valence-electron chi connectivity index (χ0n) is 12.4. The Morgan fingerprint density at radius 2 is 1.83 bits per heavy atom. The van der Waals surface area contributed by atoms with Crippen LogP contribution in [0.2, 0.25) is 10.0 Å². The minimum atomic E-state index is -0.444. The summed E-state index contributed by atoms with van der Waals surface area (Å²) in [4.78, 5) is 0. The molecule has 1 N–H and O–H groups in total. The van der Waals surface area contributed by atoms with E-state index in [-0.39, 0.29) is 5.02 Å². The van der Waals surface area contributed by atoms with Crippen molar-refractivity contribution < 1.29 is 8.81 Å². The number of furan rings is 1. The Morgan fingerprint density at radius 1 is 1.00 bits per heavy atom. The third-order valence-electron chi connectivity index (χ3n) is 3.50. The zero-order valence-corrected chi connectivity index (χ0v) is 13.9. The summed E-state index contributed by atoms with van der Waals surface area (Å²) in [6.07, 6.45) is 0. The normalized spacial score (nSPS) is 10.8. The Labute approximate surface area is 143 Å². The maximum atomic E-state index is 13.2. The largest absolute Gasteiger partial charge is 0.459 e. The van der Waals surface area contributed by atoms with Crippen LogP contribution in [0.4, 0.5) is 10.1 Å². The monoisotopic (exact) mass is 349 g/mol. The fourth-order valence-corrected chi connectivity index (χ4v) is 2.53. The van der Waals surface area contributed by atoms with Gasteiger partial charge in [-0.05, 0) is 55.0 Å². The molecule has 3 aromatic rings. The van der Waals surface area contributed by atoms with Crippen LogP contribution in [-0.4, -0.2) is 0 Å². The maximum Gasteiger partial charge on any atom is 0.141 e. The summed E-state index contributed by atoms with van der Waals surface area (Å²) in [6, 6.07) is 14.0. The van der Waals surface area contributed by atoms with Gasteiger partial charge in [0.25, 0.3) is 0 Å². The second-order valence-corrected chi connectivity index (χ2v) is 6.03. The SMILES string of the molecule is Cc1ccc(NCc2ccc(-c3ccc(F)c(Cl)c3)o2)cc1Cl. The molecule has 0 aliphatic heterocycles. The molecule has 0 aliphatic carbocycles. The summed E-state index contributed by atoms with van der Waals surface area (Å²) < 4.78 is 19.0. The van der Waals surface area contributed by atoms with Gasteiger partial charge in [0.2, 0.25) is 0 Å². The summed E-state index contributed by atoms with van der Waals surface area (Å²) in [6.45, 7) is 2.48. The smallest absolute Gasteiger partial charge is 0.141 e. The summed E-state index contributed by atoms with van der Waals surface area (Å²) in [5, 5.41) is 4.05. The minimum Gasteiger partial charge on any atom is -0.459 e. The lowest BCUT2D eigenvalue weighted by Gasteiger charge is -2.06. The first-order valence-corrected chi connectivity index (χ1v) is 7.82. The van der Waals surface area contributed by atoms with E-state index in [4.69, 9.17) is 27.6 Å². The average molecular weight is 350 g/mol. The van der Waals surface area contributed by atoms with Crippen LogP contribution in [0.5, 0.6) is 0 Å². The lowest BCUT2D eigenvalue weighted by molar-refractivity contribution is 0.531. The topological polar surface area (TPSA) is 25.2 Å². The van der Waals surface area contributed by atoms with E-state index in [2.05, 4.69) is 5.32 Å². The van der Waals surface area contributed by atoms with Crippen LogP contribution in [0.3, 0.4) is 0 Å². The molecular formula is C18H14Cl2FNO. The summed E-state index contributed by atoms with van der Waals surface area (Å²) in [5.41, 5.74) is 2.69. The molecule has 5 heteroatoms. The predicted octanol–water partition coefficient (Wildman–Crippen LogP) is 6.31. The Morgan fingerprint density at radius 3 is 2.57 bits per heavy atom. The third kappa shape index (κ3) is 3.69. The molecule has 118 valence electrons. The molecule has 1 aromatic heterocycles. The van der Waals surface area contributed by atoms with Crippen LogP contribution >= 0.6 is 23.2 Å². The van der Waals surface area contributed by atoms with Gasteiger partial charge in [0, 0.05) is 16.3 Å². The van der Waals surface area contributed by atoms with Gasteiger partial charge in [0.15, 0.2) is 0 Å². The van der Waals surface area contributed by atoms with Crippen molar-refractivity contribution in [2.75, 3.05) is 5.32 Å². The molecule has 0 atom stereocenters. The molecule has 0 fully saturated rings. The minimum absolute atomic E-state index is 0.0767. The van der Waals surface area contributed by atoms with Gasteiger partial charge in [-0.1, -0.05) is 29.3 Å². The highest BCUT2D eigenvalue weighted by atomic mass is 35.5. The van der Waals surface area contributed by atoms with Crippen molar-refractivity contribution in [1.82, 2.24) is 0 Å². The Kier molecular flexibility index (Phi) is 4.60. The summed E-state index contributed by atoms with van der Waals surface area (Å²) in [7, 11) is 0. The Hall–Kier alpha value is -1.97. The number of benzene rings is 2. The quantitative estimate of drug-likeness (QED) is 0.596. The fraction of sp³-hybridized carbons (Fsp3) is 0.111. The summed E-state index contributed by atoms with van der Waals surface area (Å²) >= 11 is 11.9. The molecule has 1 heterocycles. The highest BCUT2D eigenvalue weighted by Gasteiger charge is 2.08. The van der Waals surface area contributed by atoms with E-state index in [1.807, 2.05) is 37.3 Å². The van der Waals surface area contributed by atoms with Gasteiger partial charge in [-0.2, -0.15) is 0 Å². The van der Waals surface area contributed by atoms with Crippen LogP contribution < -0.4 is 5.32 Å². The fourth-order valence-electron chi connectivity index (χ4n) is 2.17. The molecule has 0 spiro atoms. The first-order chi connectivity index (χ1) is 11.0. The molecule has 0 saturated heterocycles. The maximum absolute atomic E-state index is 13.2. The van der Waals surface area contributed by atoms with Gasteiger partial charge >= 0.3 is 0 Å². The van der Waals surface area contributed by atoms with E-state index >= 15 is 0 Å². The Balaban J connectivity index is 1.71. The van der Waals surface area contributed by atoms with Crippen molar-refractivity contribution in [3.05, 3.63) is 75.7 Å². The highest BCUT2D eigenvalue weighted by molar-refractivity contribution is 6.31. The van der Waals surface area contributed by atoms with E-state index in [0.717, 1.165) is 27.6 Å². The van der Waals surface area contributed by atoms with E-state index in [1.165, 1.54) is 6.07 Å². The zero-order chi connectivity index (χ0) is 16.4. The van der Waals surface area contributed by atoms with E-state index in [9.17, 15) is 4.39 Å². The number of hydrogen-bond acceptors (Lipinski definition) is 2. The van der Waals surface area contributed by atoms with Crippen molar-refractivity contribution >= 4 is 28.9 Å². The first kappa shape index (κ1) is 15.9. The van der Waals surface area contributed by atoms with Crippen LogP contribution in [0.1, 0.15) is 11.3 Å². The van der Waals surface area contributed by atoms with Crippen molar-refractivity contribution in [1.29, 1.82) is 0 Å². The molecule has 0 unspecified atom stereocenters. The molecule has 0 aliphatic rings.